The number of epoxide rings is 2. The number of benzene rings is 4. The van der Waals surface area contributed by atoms with Gasteiger partial charge in [-0.2, -0.15) is 0 Å². The molecule has 2 aliphatic carbocycles. The molecule has 4 aromatic carbocycles. The Morgan fingerprint density at radius 2 is 0.707 bits per heavy atom. The summed E-state index contributed by atoms with van der Waals surface area (Å²) in [4.78, 5) is 0. The Kier molecular flexibility index (Phi) is 14.7. The van der Waals surface area contributed by atoms with Crippen molar-refractivity contribution in [3.05, 3.63) is 119 Å². The van der Waals surface area contributed by atoms with Crippen molar-refractivity contribution in [2.45, 2.75) is 89.3 Å². The average Bonchev–Trinajstić information content (AvgIpc) is 4.03. The van der Waals surface area contributed by atoms with Crippen molar-refractivity contribution >= 4 is 0 Å². The van der Waals surface area contributed by atoms with E-state index < -0.39 is 0 Å². The summed E-state index contributed by atoms with van der Waals surface area (Å²) >= 11 is 0. The fourth-order valence-corrected chi connectivity index (χ4v) is 6.68. The third-order valence-corrected chi connectivity index (χ3v) is 11.5. The van der Waals surface area contributed by atoms with Crippen LogP contribution in [0.1, 0.15) is 88.5 Å². The van der Waals surface area contributed by atoms with Gasteiger partial charge in [0.05, 0.1) is 26.4 Å². The molecule has 8 nitrogen and oxygen atoms in total. The minimum absolute atomic E-state index is 0.0870. The molecule has 4 aliphatic rings. The van der Waals surface area contributed by atoms with Crippen LogP contribution in [0.5, 0.6) is 23.0 Å². The van der Waals surface area contributed by atoms with E-state index in [0.29, 0.717) is 26.4 Å². The van der Waals surface area contributed by atoms with E-state index in [1.165, 1.54) is 47.9 Å². The first-order chi connectivity index (χ1) is 28.2. The van der Waals surface area contributed by atoms with Gasteiger partial charge >= 0.3 is 0 Å². The molecule has 2 unspecified atom stereocenters. The Hall–Kier alpha value is -4.08. The third-order valence-electron chi connectivity index (χ3n) is 11.5. The average molecular weight is 793 g/mol. The molecule has 312 valence electrons. The summed E-state index contributed by atoms with van der Waals surface area (Å²) in [6.07, 6.45) is 7.79. The highest BCUT2D eigenvalue weighted by Crippen LogP contribution is 2.35. The fraction of sp³-hybridized carbons (Fsp3) is 0.520. The molecule has 58 heavy (non-hydrogen) atoms. The highest BCUT2D eigenvalue weighted by molar-refractivity contribution is 5.43. The summed E-state index contributed by atoms with van der Waals surface area (Å²) in [5.41, 5.74) is 4.86. The SMILES string of the molecule is CC(C)(c1ccc(OCC2CO2)cc1)c1ccc(OCC2CO2)cc1.CC(C)(c1ccc(OCCCOCC2CC2)cc1)c1ccc(OCCCOCC2CC2)cc1. The van der Waals surface area contributed by atoms with Crippen LogP contribution in [0.15, 0.2) is 97.1 Å². The molecule has 2 atom stereocenters. The van der Waals surface area contributed by atoms with Crippen molar-refractivity contribution in [3.8, 4) is 23.0 Å². The lowest BCUT2D eigenvalue weighted by molar-refractivity contribution is 0.111. The Labute approximate surface area is 346 Å². The van der Waals surface area contributed by atoms with E-state index in [0.717, 1.165) is 87.3 Å². The first kappa shape index (κ1) is 42.1. The van der Waals surface area contributed by atoms with Crippen LogP contribution < -0.4 is 18.9 Å². The van der Waals surface area contributed by atoms with E-state index in [9.17, 15) is 0 Å². The van der Waals surface area contributed by atoms with Crippen molar-refractivity contribution in [1.82, 2.24) is 0 Å². The standard InChI is InChI=1S/C29H40O4.C21H24O4/c1-29(2,25-9-13-27(14-10-25)32-19-3-17-30-21-23-5-6-23)26-11-15-28(16-12-26)33-20-4-18-31-22-24-7-8-24;1-21(2,15-3-7-17(8-4-15)22-11-19-13-24-19)16-5-9-18(10-6-16)23-12-20-14-25-20/h9-16,23-24H,3-8,17-22H2,1-2H3;3-10,19-20H,11-14H2,1-2H3. The predicted octanol–water partition coefficient (Wildman–Crippen LogP) is 9.97. The Morgan fingerprint density at radius 3 is 0.983 bits per heavy atom. The van der Waals surface area contributed by atoms with Gasteiger partial charge in [-0.25, -0.2) is 0 Å². The van der Waals surface area contributed by atoms with Gasteiger partial charge in [0.25, 0.3) is 0 Å². The normalized spacial score (nSPS) is 18.5. The first-order valence-corrected chi connectivity index (χ1v) is 21.5. The second-order valence-electron chi connectivity index (χ2n) is 17.3. The number of rotatable bonds is 24. The van der Waals surface area contributed by atoms with Gasteiger partial charge in [0, 0.05) is 50.1 Å². The Balaban J connectivity index is 0.000000183. The molecule has 0 spiro atoms. The highest BCUT2D eigenvalue weighted by Gasteiger charge is 2.27. The zero-order valence-corrected chi connectivity index (χ0v) is 35.1. The quantitative estimate of drug-likeness (QED) is 0.0513. The van der Waals surface area contributed by atoms with E-state index in [-0.39, 0.29) is 23.0 Å². The largest absolute Gasteiger partial charge is 0.494 e. The summed E-state index contributed by atoms with van der Waals surface area (Å²) in [5, 5.41) is 0. The topological polar surface area (TPSA) is 80.4 Å². The van der Waals surface area contributed by atoms with E-state index in [2.05, 4.69) is 100 Å². The summed E-state index contributed by atoms with van der Waals surface area (Å²) in [7, 11) is 0. The predicted molar refractivity (Wildman–Crippen MR) is 228 cm³/mol. The molecular weight excluding hydrogens is 729 g/mol. The summed E-state index contributed by atoms with van der Waals surface area (Å²) < 4.78 is 44.9. The van der Waals surface area contributed by atoms with Crippen molar-refractivity contribution in [2.24, 2.45) is 11.8 Å². The maximum atomic E-state index is 5.89. The lowest BCUT2D eigenvalue weighted by Gasteiger charge is -2.26. The summed E-state index contributed by atoms with van der Waals surface area (Å²) in [5.74, 6) is 5.27. The minimum atomic E-state index is -0.0929. The zero-order chi connectivity index (χ0) is 40.2. The van der Waals surface area contributed by atoms with Gasteiger partial charge in [-0.15, -0.1) is 0 Å². The summed E-state index contributed by atoms with van der Waals surface area (Å²) in [6, 6.07) is 33.7. The van der Waals surface area contributed by atoms with E-state index in [4.69, 9.17) is 37.9 Å². The molecule has 8 heteroatoms. The van der Waals surface area contributed by atoms with E-state index >= 15 is 0 Å². The molecule has 4 aromatic rings. The Morgan fingerprint density at radius 1 is 0.414 bits per heavy atom. The monoisotopic (exact) mass is 792 g/mol. The molecule has 0 N–H and O–H groups in total. The van der Waals surface area contributed by atoms with Gasteiger partial charge in [-0.05, 0) is 108 Å². The number of hydrogen-bond acceptors (Lipinski definition) is 8. The molecule has 0 radical (unpaired) electrons. The number of ether oxygens (including phenoxy) is 8. The van der Waals surface area contributed by atoms with Gasteiger partial charge in [0.2, 0.25) is 0 Å². The molecule has 2 saturated heterocycles. The second kappa shape index (κ2) is 20.3. The second-order valence-corrected chi connectivity index (χ2v) is 17.3. The molecule has 4 fully saturated rings. The fourth-order valence-electron chi connectivity index (χ4n) is 6.68. The van der Waals surface area contributed by atoms with Gasteiger partial charge in [-0.1, -0.05) is 76.2 Å². The molecule has 2 heterocycles. The molecule has 0 aromatic heterocycles. The van der Waals surface area contributed by atoms with Gasteiger partial charge in [-0.3, -0.25) is 0 Å². The van der Waals surface area contributed by atoms with Crippen LogP contribution in [0.25, 0.3) is 0 Å². The van der Waals surface area contributed by atoms with Crippen LogP contribution in [0, 0.1) is 11.8 Å². The van der Waals surface area contributed by atoms with Gasteiger partial charge < -0.3 is 37.9 Å². The summed E-state index contributed by atoms with van der Waals surface area (Å²) in [6.45, 7) is 16.7. The van der Waals surface area contributed by atoms with E-state index in [1.807, 2.05) is 24.3 Å². The van der Waals surface area contributed by atoms with E-state index in [1.54, 1.807) is 0 Å². The minimum Gasteiger partial charge on any atom is -0.494 e. The third kappa shape index (κ3) is 13.5. The van der Waals surface area contributed by atoms with Crippen LogP contribution in [0.4, 0.5) is 0 Å². The maximum absolute atomic E-state index is 5.89. The van der Waals surface area contributed by atoms with Crippen molar-refractivity contribution in [2.75, 3.05) is 66.1 Å². The molecule has 0 amide bonds. The van der Waals surface area contributed by atoms with Crippen molar-refractivity contribution in [1.29, 1.82) is 0 Å². The van der Waals surface area contributed by atoms with Crippen LogP contribution in [-0.4, -0.2) is 78.3 Å². The smallest absolute Gasteiger partial charge is 0.119 e. The maximum Gasteiger partial charge on any atom is 0.119 e. The first-order valence-electron chi connectivity index (χ1n) is 21.5. The molecule has 2 saturated carbocycles. The molecular formula is C50H64O8. The Bertz CT molecular complexity index is 1660. The lowest BCUT2D eigenvalue weighted by atomic mass is 9.78. The van der Waals surface area contributed by atoms with Crippen LogP contribution in [0.2, 0.25) is 0 Å². The van der Waals surface area contributed by atoms with Gasteiger partial charge in [0.1, 0.15) is 48.4 Å². The number of hydrogen-bond donors (Lipinski definition) is 0. The molecule has 2 aliphatic heterocycles. The van der Waals surface area contributed by atoms with Crippen LogP contribution in [0.3, 0.4) is 0 Å². The zero-order valence-electron chi connectivity index (χ0n) is 35.1. The van der Waals surface area contributed by atoms with Gasteiger partial charge in [0.15, 0.2) is 0 Å². The highest BCUT2D eigenvalue weighted by atomic mass is 16.6. The van der Waals surface area contributed by atoms with Crippen molar-refractivity contribution < 1.29 is 37.9 Å². The molecule has 8 rings (SSSR count). The van der Waals surface area contributed by atoms with Crippen molar-refractivity contribution in [3.63, 3.8) is 0 Å². The van der Waals surface area contributed by atoms with Crippen LogP contribution in [-0.2, 0) is 29.8 Å². The lowest BCUT2D eigenvalue weighted by Crippen LogP contribution is -2.18. The van der Waals surface area contributed by atoms with Crippen LogP contribution >= 0.6 is 0 Å². The molecule has 0 bridgehead atoms.